The minimum absolute atomic E-state index is 0.00879. The lowest BCUT2D eigenvalue weighted by Gasteiger charge is -2.07. The number of ether oxygens (including phenoxy) is 1. The number of H-pyrrole nitrogens is 1. The summed E-state index contributed by atoms with van der Waals surface area (Å²) in [7, 11) is 0. The number of rotatable bonds is 5. The van der Waals surface area contributed by atoms with Crippen molar-refractivity contribution in [2.24, 2.45) is 0 Å². The molecule has 0 saturated heterocycles. The number of aromatic amines is 1. The van der Waals surface area contributed by atoms with Crippen LogP contribution in [0.3, 0.4) is 0 Å². The Morgan fingerprint density at radius 2 is 1.96 bits per heavy atom. The number of benzene rings is 2. The summed E-state index contributed by atoms with van der Waals surface area (Å²) >= 11 is 5.89. The molecule has 0 saturated carbocycles. The Bertz CT molecular complexity index is 982. The van der Waals surface area contributed by atoms with E-state index in [1.54, 1.807) is 6.07 Å². The van der Waals surface area contributed by atoms with E-state index in [-0.39, 0.29) is 22.1 Å². The molecule has 1 heterocycles. The Labute approximate surface area is 151 Å². The molecule has 0 atom stereocenters. The molecule has 26 heavy (non-hydrogen) atoms. The van der Waals surface area contributed by atoms with Crippen LogP contribution in [0.4, 0.5) is 11.4 Å². The average Bonchev–Trinajstić information content (AvgIpc) is 3.05. The van der Waals surface area contributed by atoms with E-state index in [1.165, 1.54) is 12.1 Å². The van der Waals surface area contributed by atoms with Crippen molar-refractivity contribution >= 4 is 45.8 Å². The molecule has 0 fully saturated rings. The van der Waals surface area contributed by atoms with E-state index in [0.29, 0.717) is 0 Å². The molecule has 132 valence electrons. The molecule has 3 rings (SSSR count). The van der Waals surface area contributed by atoms with Gasteiger partial charge >= 0.3 is 5.97 Å². The molecule has 2 N–H and O–H groups in total. The number of anilines is 1. The van der Waals surface area contributed by atoms with Crippen LogP contribution >= 0.6 is 11.6 Å². The van der Waals surface area contributed by atoms with Gasteiger partial charge in [0.2, 0.25) is 0 Å². The van der Waals surface area contributed by atoms with E-state index in [4.69, 9.17) is 16.3 Å². The van der Waals surface area contributed by atoms with Gasteiger partial charge in [-0.2, -0.15) is 0 Å². The number of para-hydroxylation sites is 1. The molecule has 1 amide bonds. The number of nitro benzene ring substituents is 1. The molecule has 0 aliphatic heterocycles. The number of hydrogen-bond donors (Lipinski definition) is 2. The second-order valence-electron chi connectivity index (χ2n) is 5.32. The topological polar surface area (TPSA) is 114 Å². The summed E-state index contributed by atoms with van der Waals surface area (Å²) in [5, 5.41) is 13.9. The standard InChI is InChI=1S/C17H12ClN3O5/c18-12-8-11(21(24)25)5-6-14(12)20-16(22)9-26-17(23)15-7-10-3-1-2-4-13(10)19-15/h1-8,19H,9H2,(H,20,22). The van der Waals surface area contributed by atoms with Gasteiger partial charge in [-0.3, -0.25) is 14.9 Å². The first-order valence-corrected chi connectivity index (χ1v) is 7.80. The van der Waals surface area contributed by atoms with Gasteiger partial charge in [0.15, 0.2) is 6.61 Å². The number of esters is 1. The van der Waals surface area contributed by atoms with Crippen LogP contribution in [0.5, 0.6) is 0 Å². The van der Waals surface area contributed by atoms with Crippen molar-refractivity contribution in [3.63, 3.8) is 0 Å². The molecule has 0 aliphatic carbocycles. The summed E-state index contributed by atoms with van der Waals surface area (Å²) in [5.74, 6) is -1.30. The molecule has 0 aliphatic rings. The zero-order chi connectivity index (χ0) is 18.7. The van der Waals surface area contributed by atoms with Crippen molar-refractivity contribution in [1.29, 1.82) is 0 Å². The van der Waals surface area contributed by atoms with Gasteiger partial charge in [-0.15, -0.1) is 0 Å². The van der Waals surface area contributed by atoms with E-state index in [2.05, 4.69) is 10.3 Å². The smallest absolute Gasteiger partial charge is 0.355 e. The van der Waals surface area contributed by atoms with E-state index in [1.807, 2.05) is 24.3 Å². The van der Waals surface area contributed by atoms with Crippen molar-refractivity contribution in [3.05, 3.63) is 69.4 Å². The number of amides is 1. The van der Waals surface area contributed by atoms with Gasteiger partial charge in [-0.1, -0.05) is 29.8 Å². The lowest BCUT2D eigenvalue weighted by molar-refractivity contribution is -0.384. The van der Waals surface area contributed by atoms with Crippen LogP contribution in [-0.4, -0.2) is 28.4 Å². The number of nitro groups is 1. The number of fused-ring (bicyclic) bond motifs is 1. The van der Waals surface area contributed by atoms with Crippen LogP contribution in [0.2, 0.25) is 5.02 Å². The SMILES string of the molecule is O=C(COC(=O)c1cc2ccccc2[nH]1)Nc1ccc([N+](=O)[O-])cc1Cl. The maximum Gasteiger partial charge on any atom is 0.355 e. The first-order valence-electron chi connectivity index (χ1n) is 7.43. The normalized spacial score (nSPS) is 10.5. The maximum atomic E-state index is 12.0. The fourth-order valence-corrected chi connectivity index (χ4v) is 2.52. The second kappa shape index (κ2) is 7.24. The van der Waals surface area contributed by atoms with Crippen molar-refractivity contribution in [2.75, 3.05) is 11.9 Å². The Balaban J connectivity index is 1.60. The van der Waals surface area contributed by atoms with Crippen molar-refractivity contribution in [2.45, 2.75) is 0 Å². The highest BCUT2D eigenvalue weighted by Gasteiger charge is 2.15. The number of hydrogen-bond acceptors (Lipinski definition) is 5. The molecule has 1 aromatic heterocycles. The van der Waals surface area contributed by atoms with Crippen LogP contribution in [0.25, 0.3) is 10.9 Å². The third-order valence-corrected chi connectivity index (χ3v) is 3.83. The third-order valence-electron chi connectivity index (χ3n) is 3.52. The first kappa shape index (κ1) is 17.4. The van der Waals surface area contributed by atoms with E-state index >= 15 is 0 Å². The fraction of sp³-hybridized carbons (Fsp3) is 0.0588. The Morgan fingerprint density at radius 3 is 2.65 bits per heavy atom. The number of nitrogens with one attached hydrogen (secondary N) is 2. The molecule has 0 bridgehead atoms. The average molecular weight is 374 g/mol. The summed E-state index contributed by atoms with van der Waals surface area (Å²) in [6.45, 7) is -0.526. The van der Waals surface area contributed by atoms with Gasteiger partial charge in [0.1, 0.15) is 5.69 Å². The summed E-state index contributed by atoms with van der Waals surface area (Å²) < 4.78 is 4.96. The van der Waals surface area contributed by atoms with Gasteiger partial charge in [0.05, 0.1) is 15.6 Å². The van der Waals surface area contributed by atoms with Crippen LogP contribution in [-0.2, 0) is 9.53 Å². The Morgan fingerprint density at radius 1 is 1.19 bits per heavy atom. The highest BCUT2D eigenvalue weighted by molar-refractivity contribution is 6.34. The molecule has 8 nitrogen and oxygen atoms in total. The third kappa shape index (κ3) is 3.81. The molecular weight excluding hydrogens is 362 g/mol. The van der Waals surface area contributed by atoms with E-state index < -0.39 is 23.4 Å². The van der Waals surface area contributed by atoms with Gasteiger partial charge in [0, 0.05) is 23.0 Å². The number of aromatic nitrogens is 1. The molecule has 2 aromatic carbocycles. The molecule has 9 heteroatoms. The summed E-state index contributed by atoms with van der Waals surface area (Å²) in [6, 6.07) is 12.6. The second-order valence-corrected chi connectivity index (χ2v) is 5.72. The summed E-state index contributed by atoms with van der Waals surface area (Å²) in [4.78, 5) is 36.9. The van der Waals surface area contributed by atoms with Gasteiger partial charge in [-0.25, -0.2) is 4.79 Å². The molecule has 0 spiro atoms. The summed E-state index contributed by atoms with van der Waals surface area (Å²) in [5.41, 5.74) is 0.996. The highest BCUT2D eigenvalue weighted by Crippen LogP contribution is 2.26. The quantitative estimate of drug-likeness (QED) is 0.403. The highest BCUT2D eigenvalue weighted by atomic mass is 35.5. The lowest BCUT2D eigenvalue weighted by Crippen LogP contribution is -2.21. The van der Waals surface area contributed by atoms with Crippen molar-refractivity contribution < 1.29 is 19.2 Å². The van der Waals surface area contributed by atoms with E-state index in [0.717, 1.165) is 17.0 Å². The first-order chi connectivity index (χ1) is 12.4. The molecular formula is C17H12ClN3O5. The number of nitrogens with zero attached hydrogens (tertiary/aromatic N) is 1. The number of halogens is 1. The number of carbonyl (C=O) groups is 2. The van der Waals surface area contributed by atoms with Gasteiger partial charge < -0.3 is 15.0 Å². The fourth-order valence-electron chi connectivity index (χ4n) is 2.30. The zero-order valence-corrected chi connectivity index (χ0v) is 13.9. The van der Waals surface area contributed by atoms with Gasteiger partial charge in [-0.05, 0) is 18.2 Å². The minimum atomic E-state index is -0.675. The minimum Gasteiger partial charge on any atom is -0.451 e. The Kier molecular flexibility index (Phi) is 4.85. The molecule has 0 radical (unpaired) electrons. The van der Waals surface area contributed by atoms with Crippen LogP contribution in [0.1, 0.15) is 10.5 Å². The number of carbonyl (C=O) groups excluding carboxylic acids is 2. The zero-order valence-electron chi connectivity index (χ0n) is 13.2. The largest absolute Gasteiger partial charge is 0.451 e. The Hall–Kier alpha value is -3.39. The van der Waals surface area contributed by atoms with Crippen molar-refractivity contribution in [3.8, 4) is 0 Å². The predicted octanol–water partition coefficient (Wildman–Crippen LogP) is 3.53. The maximum absolute atomic E-state index is 12.0. The predicted molar refractivity (Wildman–Crippen MR) is 95.3 cm³/mol. The van der Waals surface area contributed by atoms with Crippen LogP contribution < -0.4 is 5.32 Å². The monoisotopic (exact) mass is 373 g/mol. The molecule has 3 aromatic rings. The van der Waals surface area contributed by atoms with Crippen LogP contribution in [0, 0.1) is 10.1 Å². The molecule has 0 unspecified atom stereocenters. The van der Waals surface area contributed by atoms with Crippen molar-refractivity contribution in [1.82, 2.24) is 4.98 Å². The van der Waals surface area contributed by atoms with Gasteiger partial charge in [0.25, 0.3) is 11.6 Å². The number of non-ortho nitro benzene ring substituents is 1. The van der Waals surface area contributed by atoms with Crippen LogP contribution in [0.15, 0.2) is 48.5 Å². The lowest BCUT2D eigenvalue weighted by atomic mass is 10.2. The van der Waals surface area contributed by atoms with E-state index in [9.17, 15) is 19.7 Å². The summed E-state index contributed by atoms with van der Waals surface area (Å²) in [6.07, 6.45) is 0.